The Morgan fingerprint density at radius 3 is 1.84 bits per heavy atom. The van der Waals surface area contributed by atoms with Gasteiger partial charge in [0.05, 0.1) is 6.61 Å². The monoisotopic (exact) mass is 886 g/mol. The highest BCUT2D eigenvalue weighted by Gasteiger charge is 2.53. The van der Waals surface area contributed by atoms with Gasteiger partial charge >= 0.3 is 48.1 Å². The van der Waals surface area contributed by atoms with Crippen LogP contribution in [0.4, 0.5) is 21.0 Å². The SMILES string of the molecule is O=C(Nc1ccccc1)OC1[C@@H](OC(=O)Nc2ccccc2)[C@@H](COP(=O)(O)OP(=O)(O)OP(=O)(O)OP(=O)(O)SC2CCCC2)O[C@H]1n1ccc(=O)[nH]c1=O. The average molecular weight is 887 g/mol. The first-order valence-corrected chi connectivity index (χ1v) is 23.6. The van der Waals surface area contributed by atoms with Gasteiger partial charge in [-0.05, 0) is 48.5 Å². The lowest BCUT2D eigenvalue weighted by atomic mass is 10.1. The van der Waals surface area contributed by atoms with E-state index in [1.807, 2.05) is 4.98 Å². The molecule has 23 nitrogen and oxygen atoms in total. The number of carbonyl (C=O) groups excluding carboxylic acids is 2. The molecule has 1 aliphatic carbocycles. The Labute approximate surface area is 319 Å². The molecule has 1 saturated carbocycles. The van der Waals surface area contributed by atoms with E-state index in [0.29, 0.717) is 24.2 Å². The maximum atomic E-state index is 13.1. The number of amides is 2. The number of aromatic amines is 1. The van der Waals surface area contributed by atoms with Crippen LogP contribution in [-0.4, -0.2) is 71.5 Å². The van der Waals surface area contributed by atoms with E-state index in [1.165, 1.54) is 24.3 Å². The Hall–Kier alpha value is -3.43. The number of benzene rings is 2. The molecule has 306 valence electrons. The number of anilines is 2. The van der Waals surface area contributed by atoms with Crippen molar-refractivity contribution >= 4 is 65.2 Å². The fourth-order valence-corrected chi connectivity index (χ4v) is 13.7. The molecule has 1 aromatic heterocycles. The summed E-state index contributed by atoms with van der Waals surface area (Å²) < 4.78 is 84.8. The lowest BCUT2D eigenvalue weighted by molar-refractivity contribution is -0.0553. The van der Waals surface area contributed by atoms with E-state index in [1.54, 1.807) is 36.4 Å². The van der Waals surface area contributed by atoms with Crippen molar-refractivity contribution < 1.29 is 79.1 Å². The lowest BCUT2D eigenvalue weighted by Gasteiger charge is -2.25. The number of ether oxygens (including phenoxy) is 3. The molecule has 7 N–H and O–H groups in total. The number of carbonyl (C=O) groups is 2. The van der Waals surface area contributed by atoms with E-state index in [9.17, 15) is 57.0 Å². The third-order valence-electron chi connectivity index (χ3n) is 7.54. The van der Waals surface area contributed by atoms with Crippen molar-refractivity contribution in [3.63, 3.8) is 0 Å². The summed E-state index contributed by atoms with van der Waals surface area (Å²) in [6, 6.07) is 16.5. The van der Waals surface area contributed by atoms with E-state index in [0.717, 1.165) is 29.7 Å². The summed E-state index contributed by atoms with van der Waals surface area (Å²) in [4.78, 5) is 93.1. The second-order valence-electron chi connectivity index (χ2n) is 11.7. The van der Waals surface area contributed by atoms with Gasteiger partial charge in [-0.3, -0.25) is 29.5 Å². The van der Waals surface area contributed by atoms with Gasteiger partial charge in [-0.25, -0.2) is 32.6 Å². The van der Waals surface area contributed by atoms with E-state index in [4.69, 9.17) is 18.7 Å². The lowest BCUT2D eigenvalue weighted by Crippen LogP contribution is -2.44. The summed E-state index contributed by atoms with van der Waals surface area (Å²) in [7, 11) is -18.0. The minimum atomic E-state index is -6.14. The molecule has 56 heavy (non-hydrogen) atoms. The zero-order valence-electron chi connectivity index (χ0n) is 28.4. The van der Waals surface area contributed by atoms with Crippen LogP contribution in [-0.2, 0) is 49.9 Å². The first-order chi connectivity index (χ1) is 26.3. The van der Waals surface area contributed by atoms with Crippen molar-refractivity contribution in [2.45, 2.75) is 55.5 Å². The van der Waals surface area contributed by atoms with Crippen LogP contribution in [0.25, 0.3) is 0 Å². The number of rotatable bonds is 16. The summed E-state index contributed by atoms with van der Waals surface area (Å²) in [5, 5.41) is 4.38. The molecule has 2 amide bonds. The highest BCUT2D eigenvalue weighted by atomic mass is 32.7. The van der Waals surface area contributed by atoms with Gasteiger partial charge in [0.1, 0.15) is 6.10 Å². The van der Waals surface area contributed by atoms with Crippen LogP contribution in [0.1, 0.15) is 31.9 Å². The van der Waals surface area contributed by atoms with Crippen molar-refractivity contribution in [2.24, 2.45) is 0 Å². The molecular formula is C28H34N4O19P4S. The normalized spacial score (nSPS) is 24.1. The van der Waals surface area contributed by atoms with E-state index >= 15 is 0 Å². The first kappa shape index (κ1) is 43.7. The van der Waals surface area contributed by atoms with Crippen molar-refractivity contribution in [1.82, 2.24) is 9.55 Å². The van der Waals surface area contributed by atoms with E-state index in [2.05, 4.69) is 23.6 Å². The molecule has 3 aromatic rings. The standard InChI is InChI=1S/C28H34N4O19P4S/c33-22-15-16-32(26(34)31-22)25-24(48-28(36)30-19-11-5-2-6-12-19)23(47-27(35)29-18-9-3-1-4-10-18)21(46-25)17-45-52(37,38)49-53(39,40)50-54(41,42)51-55(43,44)56-20-13-7-8-14-20/h1-6,9-12,15-16,20-21,23-25H,7-8,13-14,17H2,(H,29,35)(H,30,36)(H,37,38)(H,39,40)(H,41,42)(H,43,44)(H,31,33,34)/t21-,23+,24?,25-/m1/s1. The van der Waals surface area contributed by atoms with Gasteiger partial charge in [0, 0.05) is 28.9 Å². The predicted octanol–water partition coefficient (Wildman–Crippen LogP) is 4.81. The molecule has 0 spiro atoms. The Morgan fingerprint density at radius 1 is 0.768 bits per heavy atom. The average Bonchev–Trinajstić information content (AvgIpc) is 3.70. The zero-order valence-corrected chi connectivity index (χ0v) is 32.8. The molecule has 2 aromatic carbocycles. The largest absolute Gasteiger partial charge is 0.490 e. The molecule has 5 unspecified atom stereocenters. The van der Waals surface area contributed by atoms with Gasteiger partial charge in [0.2, 0.25) is 0 Å². The van der Waals surface area contributed by atoms with Crippen LogP contribution in [0.3, 0.4) is 0 Å². The molecule has 28 heteroatoms. The number of hydrogen-bond donors (Lipinski definition) is 7. The highest BCUT2D eigenvalue weighted by Crippen LogP contribution is 2.74. The molecular weight excluding hydrogens is 852 g/mol. The molecule has 1 saturated heterocycles. The quantitative estimate of drug-likeness (QED) is 0.0949. The topological polar surface area (TPSA) is 327 Å². The Bertz CT molecular complexity index is 2170. The van der Waals surface area contributed by atoms with Crippen LogP contribution in [0.5, 0.6) is 0 Å². The maximum absolute atomic E-state index is 13.1. The molecule has 0 bridgehead atoms. The van der Waals surface area contributed by atoms with Gasteiger partial charge in [0.15, 0.2) is 18.4 Å². The highest BCUT2D eigenvalue weighted by molar-refractivity contribution is 8.55. The molecule has 5 rings (SSSR count). The van der Waals surface area contributed by atoms with Crippen LogP contribution < -0.4 is 21.9 Å². The number of nitrogens with zero attached hydrogens (tertiary/aromatic N) is 1. The Kier molecular flexibility index (Phi) is 14.4. The second-order valence-corrected chi connectivity index (χ2v) is 20.6. The van der Waals surface area contributed by atoms with Crippen LogP contribution in [0.2, 0.25) is 0 Å². The molecule has 2 heterocycles. The summed E-state index contributed by atoms with van der Waals surface area (Å²) in [5.41, 5.74) is -1.47. The van der Waals surface area contributed by atoms with Crippen LogP contribution >= 0.6 is 41.6 Å². The van der Waals surface area contributed by atoms with Crippen molar-refractivity contribution in [3.05, 3.63) is 93.8 Å². The smallest absolute Gasteiger partial charge is 0.439 e. The minimum absolute atomic E-state index is 0.226. The number of H-pyrrole nitrogens is 1. The van der Waals surface area contributed by atoms with E-state index in [-0.39, 0.29) is 11.4 Å². The third kappa shape index (κ3) is 13.1. The van der Waals surface area contributed by atoms with E-state index < -0.39 is 90.1 Å². The molecule has 8 atom stereocenters. The number of nitrogens with one attached hydrogen (secondary N) is 3. The number of phosphoric acid groups is 3. The molecule has 2 fully saturated rings. The summed E-state index contributed by atoms with van der Waals surface area (Å²) in [6.45, 7) is -6.20. The summed E-state index contributed by atoms with van der Waals surface area (Å²) >= 11 is 0.314. The number of phosphoric ester groups is 1. The Balaban J connectivity index is 1.36. The number of aromatic nitrogens is 2. The van der Waals surface area contributed by atoms with Crippen molar-refractivity contribution in [2.75, 3.05) is 17.2 Å². The van der Waals surface area contributed by atoms with Crippen LogP contribution in [0, 0.1) is 0 Å². The predicted molar refractivity (Wildman–Crippen MR) is 194 cm³/mol. The fourth-order valence-electron chi connectivity index (χ4n) is 5.36. The van der Waals surface area contributed by atoms with Gasteiger partial charge in [-0.15, -0.1) is 0 Å². The van der Waals surface area contributed by atoms with Gasteiger partial charge in [-0.2, -0.15) is 12.9 Å². The van der Waals surface area contributed by atoms with Crippen molar-refractivity contribution in [1.29, 1.82) is 0 Å². The molecule has 0 radical (unpaired) electrons. The summed E-state index contributed by atoms with van der Waals surface area (Å²) in [6.07, 6.45) is -6.23. The molecule has 1 aliphatic heterocycles. The molecule has 2 aliphatic rings. The number of hydrogen-bond acceptors (Lipinski definition) is 16. The second kappa shape index (κ2) is 18.4. The van der Waals surface area contributed by atoms with Gasteiger partial charge in [0.25, 0.3) is 5.56 Å². The fraction of sp³-hybridized carbons (Fsp3) is 0.357. The minimum Gasteiger partial charge on any atom is -0.439 e. The maximum Gasteiger partial charge on any atom is 0.490 e. The first-order valence-electron chi connectivity index (χ1n) is 16.1. The van der Waals surface area contributed by atoms with Crippen molar-refractivity contribution in [3.8, 4) is 0 Å². The zero-order chi connectivity index (χ0) is 40.7. The third-order valence-corrected chi connectivity index (χ3v) is 16.3. The Morgan fingerprint density at radius 2 is 1.29 bits per heavy atom. The van der Waals surface area contributed by atoms with Gasteiger partial charge in [-0.1, -0.05) is 49.2 Å². The van der Waals surface area contributed by atoms with Crippen LogP contribution in [0.15, 0.2) is 82.5 Å². The summed E-state index contributed by atoms with van der Waals surface area (Å²) in [5.74, 6) is 0. The number of para-hydroxylation sites is 2. The van der Waals surface area contributed by atoms with Gasteiger partial charge < -0.3 is 33.8 Å².